The van der Waals surface area contributed by atoms with Crippen LogP contribution in [0.5, 0.6) is 0 Å². The van der Waals surface area contributed by atoms with Gasteiger partial charge in [0.15, 0.2) is 0 Å². The largest absolute Gasteiger partial charge is 0.315 e. The van der Waals surface area contributed by atoms with Gasteiger partial charge in [0.1, 0.15) is 4.90 Å². The lowest BCUT2D eigenvalue weighted by Gasteiger charge is -2.34. The number of hydrogen-bond acceptors (Lipinski definition) is 4. The van der Waals surface area contributed by atoms with Gasteiger partial charge < -0.3 is 5.32 Å². The molecule has 0 aromatic carbocycles. The maximum atomic E-state index is 12.7. The van der Waals surface area contributed by atoms with E-state index in [1.54, 1.807) is 22.6 Å². The van der Waals surface area contributed by atoms with Crippen LogP contribution < -0.4 is 5.32 Å². The quantitative estimate of drug-likeness (QED) is 0.811. The number of pyridine rings is 1. The van der Waals surface area contributed by atoms with E-state index < -0.39 is 10.0 Å². The Morgan fingerprint density at radius 3 is 3.00 bits per heavy atom. The average molecular weight is 297 g/mol. The van der Waals surface area contributed by atoms with Crippen molar-refractivity contribution in [3.8, 4) is 0 Å². The highest BCUT2D eigenvalue weighted by Crippen LogP contribution is 2.24. The zero-order valence-electron chi connectivity index (χ0n) is 12.0. The van der Waals surface area contributed by atoms with E-state index >= 15 is 0 Å². The number of piperidine rings is 1. The number of nitrogens with one attached hydrogen (secondary N) is 1. The molecule has 2 heterocycles. The normalized spacial score (nSPS) is 20.9. The molecule has 1 aromatic heterocycles. The molecule has 0 radical (unpaired) electrons. The topological polar surface area (TPSA) is 62.3 Å². The van der Waals surface area contributed by atoms with Crippen LogP contribution in [-0.2, 0) is 10.0 Å². The molecular weight excluding hydrogens is 274 g/mol. The molecule has 1 aromatic rings. The lowest BCUT2D eigenvalue weighted by Crippen LogP contribution is -2.48. The summed E-state index contributed by atoms with van der Waals surface area (Å²) in [6.45, 7) is 4.37. The minimum atomic E-state index is -3.42. The Morgan fingerprint density at radius 2 is 2.30 bits per heavy atom. The lowest BCUT2D eigenvalue weighted by atomic mass is 10.1. The van der Waals surface area contributed by atoms with Crippen molar-refractivity contribution in [3.05, 3.63) is 24.5 Å². The fourth-order valence-electron chi connectivity index (χ4n) is 2.58. The molecule has 20 heavy (non-hydrogen) atoms. The Hall–Kier alpha value is -0.980. The van der Waals surface area contributed by atoms with Crippen molar-refractivity contribution in [2.45, 2.75) is 43.5 Å². The summed E-state index contributed by atoms with van der Waals surface area (Å²) in [4.78, 5) is 4.22. The van der Waals surface area contributed by atoms with Crippen molar-refractivity contribution in [2.24, 2.45) is 0 Å². The van der Waals surface area contributed by atoms with E-state index in [1.807, 2.05) is 0 Å². The molecule has 1 atom stereocenters. The zero-order chi connectivity index (χ0) is 14.4. The van der Waals surface area contributed by atoms with Gasteiger partial charge in [-0.25, -0.2) is 8.42 Å². The van der Waals surface area contributed by atoms with Gasteiger partial charge >= 0.3 is 0 Å². The molecule has 1 fully saturated rings. The van der Waals surface area contributed by atoms with Crippen LogP contribution in [0.2, 0.25) is 0 Å². The Bertz CT molecular complexity index is 504. The minimum Gasteiger partial charge on any atom is -0.315 e. The molecule has 1 saturated heterocycles. The summed E-state index contributed by atoms with van der Waals surface area (Å²) in [5.74, 6) is 0. The van der Waals surface area contributed by atoms with Crippen LogP contribution in [0.3, 0.4) is 0 Å². The van der Waals surface area contributed by atoms with Gasteiger partial charge in [-0.1, -0.05) is 13.3 Å². The summed E-state index contributed by atoms with van der Waals surface area (Å²) < 4.78 is 27.0. The van der Waals surface area contributed by atoms with Crippen LogP contribution in [0.15, 0.2) is 29.4 Å². The summed E-state index contributed by atoms with van der Waals surface area (Å²) in [5, 5.41) is 3.34. The van der Waals surface area contributed by atoms with Crippen molar-refractivity contribution in [2.75, 3.05) is 19.6 Å². The maximum absolute atomic E-state index is 12.7. The van der Waals surface area contributed by atoms with Crippen LogP contribution in [0, 0.1) is 0 Å². The molecule has 1 aliphatic rings. The van der Waals surface area contributed by atoms with E-state index in [0.717, 1.165) is 38.8 Å². The number of sulfonamides is 1. The molecule has 0 aliphatic carbocycles. The fourth-order valence-corrected chi connectivity index (χ4v) is 4.23. The first-order valence-electron chi connectivity index (χ1n) is 7.29. The summed E-state index contributed by atoms with van der Waals surface area (Å²) in [6, 6.07) is 3.34. The van der Waals surface area contributed by atoms with Crippen LogP contribution in [0.25, 0.3) is 0 Å². The number of aromatic nitrogens is 1. The van der Waals surface area contributed by atoms with Crippen LogP contribution >= 0.6 is 0 Å². The molecule has 1 aliphatic heterocycles. The summed E-state index contributed by atoms with van der Waals surface area (Å²) >= 11 is 0. The van der Waals surface area contributed by atoms with Crippen molar-refractivity contribution in [1.82, 2.24) is 14.6 Å². The molecule has 1 N–H and O–H groups in total. The monoisotopic (exact) mass is 297 g/mol. The van der Waals surface area contributed by atoms with Crippen molar-refractivity contribution < 1.29 is 8.42 Å². The van der Waals surface area contributed by atoms with E-state index in [1.165, 1.54) is 6.20 Å². The second-order valence-corrected chi connectivity index (χ2v) is 7.05. The first kappa shape index (κ1) is 15.4. The second kappa shape index (κ2) is 7.15. The third-order valence-corrected chi connectivity index (χ3v) is 5.56. The molecule has 6 heteroatoms. The number of rotatable bonds is 6. The van der Waals surface area contributed by atoms with E-state index in [0.29, 0.717) is 11.4 Å². The average Bonchev–Trinajstić information content (AvgIpc) is 2.49. The number of hydrogen-bond donors (Lipinski definition) is 1. The SMILES string of the molecule is CCCNCC1CCCCN1S(=O)(=O)c1cccnc1. The van der Waals surface area contributed by atoms with E-state index in [9.17, 15) is 8.42 Å². The highest BCUT2D eigenvalue weighted by Gasteiger charge is 2.33. The molecule has 0 amide bonds. The van der Waals surface area contributed by atoms with Gasteiger partial charge in [-0.05, 0) is 37.9 Å². The van der Waals surface area contributed by atoms with Gasteiger partial charge in [0, 0.05) is 31.5 Å². The fraction of sp³-hybridized carbons (Fsp3) is 0.643. The van der Waals surface area contributed by atoms with Crippen LogP contribution in [0.1, 0.15) is 32.6 Å². The van der Waals surface area contributed by atoms with Crippen LogP contribution in [-0.4, -0.2) is 43.4 Å². The third-order valence-electron chi connectivity index (χ3n) is 3.62. The zero-order valence-corrected chi connectivity index (χ0v) is 12.8. The Balaban J connectivity index is 2.14. The Labute approximate surface area is 121 Å². The highest BCUT2D eigenvalue weighted by molar-refractivity contribution is 7.89. The minimum absolute atomic E-state index is 0.0560. The smallest absolute Gasteiger partial charge is 0.244 e. The van der Waals surface area contributed by atoms with Gasteiger partial charge in [0.2, 0.25) is 10.0 Å². The van der Waals surface area contributed by atoms with Gasteiger partial charge in [-0.15, -0.1) is 0 Å². The van der Waals surface area contributed by atoms with Crippen LogP contribution in [0.4, 0.5) is 0 Å². The summed E-state index contributed by atoms with van der Waals surface area (Å²) in [7, 11) is -3.42. The predicted molar refractivity (Wildman–Crippen MR) is 78.9 cm³/mol. The van der Waals surface area contributed by atoms with E-state index in [4.69, 9.17) is 0 Å². The molecule has 112 valence electrons. The standard InChI is InChI=1S/C14H23N3O2S/c1-2-8-15-11-13-6-3-4-10-17(13)20(18,19)14-7-5-9-16-12-14/h5,7,9,12-13,15H,2-4,6,8,10-11H2,1H3. The highest BCUT2D eigenvalue weighted by atomic mass is 32.2. The molecule has 2 rings (SSSR count). The first-order valence-corrected chi connectivity index (χ1v) is 8.73. The third kappa shape index (κ3) is 3.56. The second-order valence-electron chi connectivity index (χ2n) is 5.16. The van der Waals surface area contributed by atoms with Gasteiger partial charge in [0.05, 0.1) is 0 Å². The lowest BCUT2D eigenvalue weighted by molar-refractivity contribution is 0.246. The first-order chi connectivity index (χ1) is 9.66. The van der Waals surface area contributed by atoms with Crippen molar-refractivity contribution in [1.29, 1.82) is 0 Å². The molecule has 0 spiro atoms. The van der Waals surface area contributed by atoms with Crippen molar-refractivity contribution >= 4 is 10.0 Å². The van der Waals surface area contributed by atoms with Crippen molar-refractivity contribution in [3.63, 3.8) is 0 Å². The molecule has 5 nitrogen and oxygen atoms in total. The van der Waals surface area contributed by atoms with Gasteiger partial charge in [0.25, 0.3) is 0 Å². The number of nitrogens with zero attached hydrogens (tertiary/aromatic N) is 2. The Morgan fingerprint density at radius 1 is 1.45 bits per heavy atom. The summed E-state index contributed by atoms with van der Waals surface area (Å²) in [6.07, 6.45) is 7.04. The van der Waals surface area contributed by atoms with E-state index in [2.05, 4.69) is 17.2 Å². The molecule has 0 saturated carbocycles. The molecular formula is C14H23N3O2S. The Kier molecular flexibility index (Phi) is 5.51. The maximum Gasteiger partial charge on any atom is 0.244 e. The van der Waals surface area contributed by atoms with Gasteiger partial charge in [-0.2, -0.15) is 4.31 Å². The van der Waals surface area contributed by atoms with E-state index in [-0.39, 0.29) is 6.04 Å². The van der Waals surface area contributed by atoms with Gasteiger partial charge in [-0.3, -0.25) is 4.98 Å². The predicted octanol–water partition coefficient (Wildman–Crippen LogP) is 1.62. The summed E-state index contributed by atoms with van der Waals surface area (Å²) in [5.41, 5.74) is 0. The molecule has 1 unspecified atom stereocenters. The molecule has 0 bridgehead atoms.